The molecule has 0 saturated carbocycles. The van der Waals surface area contributed by atoms with Crippen LogP contribution in [0.5, 0.6) is 0 Å². The fourth-order valence-corrected chi connectivity index (χ4v) is 2.31. The number of hydrogen-bond acceptors (Lipinski definition) is 4. The summed E-state index contributed by atoms with van der Waals surface area (Å²) < 4.78 is 10.8. The summed E-state index contributed by atoms with van der Waals surface area (Å²) >= 11 is 0. The van der Waals surface area contributed by atoms with E-state index in [0.29, 0.717) is 12.1 Å². The lowest BCUT2D eigenvalue weighted by Gasteiger charge is -2.28. The summed E-state index contributed by atoms with van der Waals surface area (Å²) in [5.74, 6) is 0. The Balaban J connectivity index is 2.11. The lowest BCUT2D eigenvalue weighted by Crippen LogP contribution is -2.41. The predicted octanol–water partition coefficient (Wildman–Crippen LogP) is 1.50. The van der Waals surface area contributed by atoms with E-state index in [-0.39, 0.29) is 0 Å². The molecule has 0 aliphatic carbocycles. The quantitative estimate of drug-likeness (QED) is 0.602. The molecule has 2 atom stereocenters. The van der Waals surface area contributed by atoms with Gasteiger partial charge in [0.05, 0.1) is 12.7 Å². The SMILES string of the molecule is CCC(C)N(CCNCC1CCCO1)CCOC. The Bertz CT molecular complexity index is 196. The topological polar surface area (TPSA) is 33.7 Å². The summed E-state index contributed by atoms with van der Waals surface area (Å²) in [6.45, 7) is 10.4. The van der Waals surface area contributed by atoms with Crippen molar-refractivity contribution in [2.75, 3.05) is 46.5 Å². The van der Waals surface area contributed by atoms with Crippen molar-refractivity contribution in [3.63, 3.8) is 0 Å². The third-order valence-electron chi connectivity index (χ3n) is 3.77. The third-order valence-corrected chi connectivity index (χ3v) is 3.77. The van der Waals surface area contributed by atoms with Crippen LogP contribution in [-0.4, -0.2) is 63.5 Å². The van der Waals surface area contributed by atoms with Gasteiger partial charge in [-0.05, 0) is 26.2 Å². The molecule has 0 aromatic rings. The van der Waals surface area contributed by atoms with Crippen LogP contribution in [0, 0.1) is 0 Å². The number of rotatable bonds is 10. The summed E-state index contributed by atoms with van der Waals surface area (Å²) in [5.41, 5.74) is 0. The average molecular weight is 258 g/mol. The average Bonchev–Trinajstić information content (AvgIpc) is 2.90. The molecule has 4 nitrogen and oxygen atoms in total. The van der Waals surface area contributed by atoms with Crippen LogP contribution in [0.25, 0.3) is 0 Å². The number of nitrogens with zero attached hydrogens (tertiary/aromatic N) is 1. The fraction of sp³-hybridized carbons (Fsp3) is 1.00. The van der Waals surface area contributed by atoms with E-state index in [1.54, 1.807) is 7.11 Å². The highest BCUT2D eigenvalue weighted by molar-refractivity contribution is 4.70. The van der Waals surface area contributed by atoms with Crippen LogP contribution < -0.4 is 5.32 Å². The van der Waals surface area contributed by atoms with Crippen LogP contribution in [0.4, 0.5) is 0 Å². The Kier molecular flexibility index (Phi) is 8.59. The highest BCUT2D eigenvalue weighted by Crippen LogP contribution is 2.10. The van der Waals surface area contributed by atoms with Gasteiger partial charge in [-0.3, -0.25) is 4.90 Å². The van der Waals surface area contributed by atoms with Crippen molar-refractivity contribution in [1.82, 2.24) is 10.2 Å². The second-order valence-corrected chi connectivity index (χ2v) is 5.13. The molecule has 1 aliphatic heterocycles. The van der Waals surface area contributed by atoms with Gasteiger partial charge in [-0.1, -0.05) is 6.92 Å². The Labute approximate surface area is 112 Å². The first-order chi connectivity index (χ1) is 8.77. The number of nitrogens with one attached hydrogen (secondary N) is 1. The summed E-state index contributed by atoms with van der Waals surface area (Å²) in [4.78, 5) is 2.49. The summed E-state index contributed by atoms with van der Waals surface area (Å²) in [6, 6.07) is 0.629. The number of ether oxygens (including phenoxy) is 2. The minimum absolute atomic E-state index is 0.445. The Morgan fingerprint density at radius 1 is 1.44 bits per heavy atom. The van der Waals surface area contributed by atoms with Crippen LogP contribution in [0.15, 0.2) is 0 Å². The second kappa shape index (κ2) is 9.73. The van der Waals surface area contributed by atoms with Gasteiger partial charge in [-0.2, -0.15) is 0 Å². The molecule has 1 N–H and O–H groups in total. The minimum Gasteiger partial charge on any atom is -0.383 e. The molecule has 1 saturated heterocycles. The smallest absolute Gasteiger partial charge is 0.0700 e. The predicted molar refractivity (Wildman–Crippen MR) is 75.0 cm³/mol. The lowest BCUT2D eigenvalue weighted by molar-refractivity contribution is 0.104. The monoisotopic (exact) mass is 258 g/mol. The molecule has 0 aromatic carbocycles. The van der Waals surface area contributed by atoms with Gasteiger partial charge in [0.2, 0.25) is 0 Å². The fourth-order valence-electron chi connectivity index (χ4n) is 2.31. The van der Waals surface area contributed by atoms with Crippen LogP contribution >= 0.6 is 0 Å². The van der Waals surface area contributed by atoms with E-state index in [4.69, 9.17) is 9.47 Å². The van der Waals surface area contributed by atoms with E-state index in [9.17, 15) is 0 Å². The van der Waals surface area contributed by atoms with Crippen LogP contribution in [0.1, 0.15) is 33.1 Å². The summed E-state index contributed by atoms with van der Waals surface area (Å²) in [6.07, 6.45) is 4.07. The van der Waals surface area contributed by atoms with Crippen molar-refractivity contribution >= 4 is 0 Å². The zero-order chi connectivity index (χ0) is 13.2. The molecule has 18 heavy (non-hydrogen) atoms. The van der Waals surface area contributed by atoms with Gasteiger partial charge in [-0.25, -0.2) is 0 Å². The van der Waals surface area contributed by atoms with Crippen molar-refractivity contribution in [3.05, 3.63) is 0 Å². The van der Waals surface area contributed by atoms with E-state index in [1.807, 2.05) is 0 Å². The molecule has 0 radical (unpaired) electrons. The molecule has 0 aromatic heterocycles. The van der Waals surface area contributed by atoms with Gasteiger partial charge < -0.3 is 14.8 Å². The van der Waals surface area contributed by atoms with E-state index >= 15 is 0 Å². The standard InChI is InChI=1S/C14H30N2O2/c1-4-13(2)16(9-11-17-3)8-7-15-12-14-6-5-10-18-14/h13-15H,4-12H2,1-3H3. The van der Waals surface area contributed by atoms with Gasteiger partial charge in [0.15, 0.2) is 0 Å². The maximum absolute atomic E-state index is 5.60. The molecule has 2 unspecified atom stereocenters. The Hall–Kier alpha value is -0.160. The minimum atomic E-state index is 0.445. The molecule has 0 amide bonds. The van der Waals surface area contributed by atoms with Gasteiger partial charge in [0.25, 0.3) is 0 Å². The van der Waals surface area contributed by atoms with E-state index in [1.165, 1.54) is 19.3 Å². The van der Waals surface area contributed by atoms with Gasteiger partial charge >= 0.3 is 0 Å². The van der Waals surface area contributed by atoms with E-state index in [2.05, 4.69) is 24.1 Å². The zero-order valence-electron chi connectivity index (χ0n) is 12.3. The molecule has 0 bridgehead atoms. The zero-order valence-corrected chi connectivity index (χ0v) is 12.3. The summed E-state index contributed by atoms with van der Waals surface area (Å²) in [5, 5.41) is 3.51. The first kappa shape index (κ1) is 15.9. The van der Waals surface area contributed by atoms with Crippen molar-refractivity contribution in [1.29, 1.82) is 0 Å². The number of hydrogen-bond donors (Lipinski definition) is 1. The van der Waals surface area contributed by atoms with E-state index in [0.717, 1.165) is 39.4 Å². The van der Waals surface area contributed by atoms with Gasteiger partial charge in [-0.15, -0.1) is 0 Å². The molecular formula is C14H30N2O2. The van der Waals surface area contributed by atoms with Crippen LogP contribution in [-0.2, 0) is 9.47 Å². The van der Waals surface area contributed by atoms with Crippen LogP contribution in [0.2, 0.25) is 0 Å². The Morgan fingerprint density at radius 2 is 2.28 bits per heavy atom. The molecular weight excluding hydrogens is 228 g/mol. The molecule has 4 heteroatoms. The third kappa shape index (κ3) is 6.14. The van der Waals surface area contributed by atoms with Crippen molar-refractivity contribution < 1.29 is 9.47 Å². The lowest BCUT2D eigenvalue weighted by atomic mass is 10.2. The van der Waals surface area contributed by atoms with E-state index < -0.39 is 0 Å². The largest absolute Gasteiger partial charge is 0.383 e. The Morgan fingerprint density at radius 3 is 2.89 bits per heavy atom. The maximum atomic E-state index is 5.60. The van der Waals surface area contributed by atoms with Crippen molar-refractivity contribution in [2.24, 2.45) is 0 Å². The van der Waals surface area contributed by atoms with Gasteiger partial charge in [0, 0.05) is 45.9 Å². The molecule has 1 rings (SSSR count). The first-order valence-electron chi connectivity index (χ1n) is 7.33. The molecule has 1 fully saturated rings. The molecule has 108 valence electrons. The first-order valence-corrected chi connectivity index (χ1v) is 7.33. The summed E-state index contributed by atoms with van der Waals surface area (Å²) in [7, 11) is 1.77. The molecule has 1 aliphatic rings. The van der Waals surface area contributed by atoms with Crippen molar-refractivity contribution in [2.45, 2.75) is 45.3 Å². The molecule has 0 spiro atoms. The molecule has 1 heterocycles. The highest BCUT2D eigenvalue weighted by Gasteiger charge is 2.15. The van der Waals surface area contributed by atoms with Gasteiger partial charge in [0.1, 0.15) is 0 Å². The van der Waals surface area contributed by atoms with Crippen LogP contribution in [0.3, 0.4) is 0 Å². The second-order valence-electron chi connectivity index (χ2n) is 5.13. The number of methoxy groups -OCH3 is 1. The van der Waals surface area contributed by atoms with Crippen molar-refractivity contribution in [3.8, 4) is 0 Å². The maximum Gasteiger partial charge on any atom is 0.0700 e. The highest BCUT2D eigenvalue weighted by atomic mass is 16.5. The normalized spacial score (nSPS) is 21.7.